The van der Waals surface area contributed by atoms with E-state index in [9.17, 15) is 9.59 Å². The van der Waals surface area contributed by atoms with Crippen molar-refractivity contribution in [1.29, 1.82) is 0 Å². The summed E-state index contributed by atoms with van der Waals surface area (Å²) in [6, 6.07) is 5.12. The molecule has 2 amide bonds. The minimum Gasteiger partial charge on any atom is -0.358 e. The highest BCUT2D eigenvalue weighted by molar-refractivity contribution is 7.18. The molecule has 0 radical (unpaired) electrons. The molecular formula is C23H28N8O2S. The molecule has 3 aromatic rings. The molecule has 3 aromatic heterocycles. The van der Waals surface area contributed by atoms with Gasteiger partial charge < -0.3 is 20.4 Å². The van der Waals surface area contributed by atoms with Crippen LogP contribution in [0.4, 0.5) is 16.8 Å². The largest absolute Gasteiger partial charge is 0.358 e. The normalized spacial score (nSPS) is 11.4. The molecule has 1 unspecified atom stereocenters. The molecular weight excluding hydrogens is 452 g/mol. The Kier molecular flexibility index (Phi) is 8.25. The third-order valence-electron chi connectivity index (χ3n) is 5.15. The van der Waals surface area contributed by atoms with Gasteiger partial charge in [-0.05, 0) is 37.6 Å². The molecule has 34 heavy (non-hydrogen) atoms. The molecule has 2 N–H and O–H groups in total. The van der Waals surface area contributed by atoms with Crippen molar-refractivity contribution in [2.45, 2.75) is 19.9 Å². The van der Waals surface area contributed by atoms with E-state index in [0.29, 0.717) is 30.5 Å². The number of nitrogens with zero attached hydrogens (tertiary/aromatic N) is 6. The predicted molar refractivity (Wildman–Crippen MR) is 134 cm³/mol. The molecule has 0 aliphatic heterocycles. The molecule has 0 aliphatic rings. The lowest BCUT2D eigenvalue weighted by atomic mass is 10.2. The monoisotopic (exact) mass is 480 g/mol. The summed E-state index contributed by atoms with van der Waals surface area (Å²) in [6.45, 7) is 7.86. The first-order valence-electron chi connectivity index (χ1n) is 10.7. The number of carbonyl (C=O) groups excluding carboxylic acids is 2. The summed E-state index contributed by atoms with van der Waals surface area (Å²) in [5, 5.41) is 6.82. The van der Waals surface area contributed by atoms with Crippen LogP contribution in [-0.2, 0) is 9.59 Å². The average Bonchev–Trinajstić information content (AvgIpc) is 3.31. The Morgan fingerprint density at radius 2 is 1.97 bits per heavy atom. The average molecular weight is 481 g/mol. The SMILES string of the molecule is C=CC(=O)N(C)C(C)C(=O)NCCN(C)c1cc(Nc2ncc(-c3ccncc3)s2)nc(C)n1. The molecule has 0 bridgehead atoms. The van der Waals surface area contributed by atoms with E-state index in [2.05, 4.69) is 37.1 Å². The maximum Gasteiger partial charge on any atom is 0.246 e. The molecule has 0 saturated carbocycles. The molecule has 0 aromatic carbocycles. The van der Waals surface area contributed by atoms with Gasteiger partial charge in [0.15, 0.2) is 5.13 Å². The fraction of sp³-hybridized carbons (Fsp3) is 0.304. The summed E-state index contributed by atoms with van der Waals surface area (Å²) in [4.78, 5) is 45.8. The van der Waals surface area contributed by atoms with E-state index in [-0.39, 0.29) is 11.8 Å². The second kappa shape index (κ2) is 11.3. The van der Waals surface area contributed by atoms with Gasteiger partial charge in [0.25, 0.3) is 0 Å². The fourth-order valence-corrected chi connectivity index (χ4v) is 3.85. The van der Waals surface area contributed by atoms with Crippen molar-refractivity contribution >= 4 is 39.9 Å². The van der Waals surface area contributed by atoms with Crippen molar-refractivity contribution in [2.24, 2.45) is 0 Å². The number of pyridine rings is 1. The van der Waals surface area contributed by atoms with Crippen LogP contribution in [-0.4, -0.2) is 69.9 Å². The first-order chi connectivity index (χ1) is 16.3. The molecule has 178 valence electrons. The lowest BCUT2D eigenvalue weighted by Gasteiger charge is -2.24. The van der Waals surface area contributed by atoms with E-state index in [1.54, 1.807) is 26.4 Å². The number of amides is 2. The highest BCUT2D eigenvalue weighted by Gasteiger charge is 2.20. The molecule has 3 rings (SSSR count). The summed E-state index contributed by atoms with van der Waals surface area (Å²) in [7, 11) is 3.46. The summed E-state index contributed by atoms with van der Waals surface area (Å²) < 4.78 is 0. The maximum atomic E-state index is 12.3. The molecule has 3 heterocycles. The lowest BCUT2D eigenvalue weighted by molar-refractivity contribution is -0.135. The Morgan fingerprint density at radius 1 is 1.24 bits per heavy atom. The Hall–Kier alpha value is -3.86. The van der Waals surface area contributed by atoms with Crippen LogP contribution in [0.2, 0.25) is 0 Å². The van der Waals surface area contributed by atoms with Crippen molar-refractivity contribution in [3.8, 4) is 10.4 Å². The van der Waals surface area contributed by atoms with Gasteiger partial charge in [-0.15, -0.1) is 0 Å². The standard InChI is InChI=1S/C23H28N8O2S/c1-6-21(32)31(5)15(2)22(33)25-11-12-30(4)20-13-19(27-16(3)28-20)29-23-26-14-18(34-23)17-7-9-24-10-8-17/h6-10,13-15H,1,11-12H2,2-5H3,(H,25,33)(H,26,27,28,29). The highest BCUT2D eigenvalue weighted by atomic mass is 32.1. The van der Waals surface area contributed by atoms with E-state index in [1.807, 2.05) is 43.3 Å². The quantitative estimate of drug-likeness (QED) is 0.426. The van der Waals surface area contributed by atoms with Crippen molar-refractivity contribution in [3.05, 3.63) is 55.3 Å². The number of nitrogens with one attached hydrogen (secondary N) is 2. The second-order valence-corrected chi connectivity index (χ2v) is 8.62. The fourth-order valence-electron chi connectivity index (χ4n) is 3.02. The van der Waals surface area contributed by atoms with Crippen LogP contribution < -0.4 is 15.5 Å². The highest BCUT2D eigenvalue weighted by Crippen LogP contribution is 2.30. The zero-order valence-corrected chi connectivity index (χ0v) is 20.5. The maximum absolute atomic E-state index is 12.3. The van der Waals surface area contributed by atoms with Crippen LogP contribution in [0.25, 0.3) is 10.4 Å². The van der Waals surface area contributed by atoms with Gasteiger partial charge in [-0.3, -0.25) is 14.6 Å². The van der Waals surface area contributed by atoms with E-state index in [0.717, 1.165) is 15.6 Å². The van der Waals surface area contributed by atoms with Crippen LogP contribution in [0.5, 0.6) is 0 Å². The Balaban J connectivity index is 1.59. The number of aryl methyl sites for hydroxylation is 1. The van der Waals surface area contributed by atoms with Gasteiger partial charge in [0.1, 0.15) is 23.5 Å². The number of anilines is 3. The van der Waals surface area contributed by atoms with Crippen molar-refractivity contribution in [2.75, 3.05) is 37.4 Å². The Labute approximate surface area is 202 Å². The van der Waals surface area contributed by atoms with E-state index < -0.39 is 6.04 Å². The number of thiazole rings is 1. The summed E-state index contributed by atoms with van der Waals surface area (Å²) in [5.41, 5.74) is 1.05. The molecule has 0 fully saturated rings. The minimum absolute atomic E-state index is 0.235. The van der Waals surface area contributed by atoms with Gasteiger partial charge in [-0.1, -0.05) is 17.9 Å². The summed E-state index contributed by atoms with van der Waals surface area (Å²) in [6.07, 6.45) is 6.50. The van der Waals surface area contributed by atoms with Crippen molar-refractivity contribution in [1.82, 2.24) is 30.2 Å². The van der Waals surface area contributed by atoms with E-state index >= 15 is 0 Å². The summed E-state index contributed by atoms with van der Waals surface area (Å²) >= 11 is 1.52. The number of aromatic nitrogens is 4. The van der Waals surface area contributed by atoms with Gasteiger partial charge >= 0.3 is 0 Å². The van der Waals surface area contributed by atoms with Gasteiger partial charge in [-0.2, -0.15) is 0 Å². The van der Waals surface area contributed by atoms with Gasteiger partial charge in [0.05, 0.1) is 4.88 Å². The second-order valence-electron chi connectivity index (χ2n) is 7.59. The van der Waals surface area contributed by atoms with Gasteiger partial charge in [0.2, 0.25) is 11.8 Å². The smallest absolute Gasteiger partial charge is 0.246 e. The molecule has 0 spiro atoms. The van der Waals surface area contributed by atoms with Gasteiger partial charge in [0, 0.05) is 51.8 Å². The van der Waals surface area contributed by atoms with Crippen LogP contribution in [0.1, 0.15) is 12.7 Å². The van der Waals surface area contributed by atoms with Crippen molar-refractivity contribution < 1.29 is 9.59 Å². The van der Waals surface area contributed by atoms with Crippen LogP contribution >= 0.6 is 11.3 Å². The molecule has 10 nitrogen and oxygen atoms in total. The van der Waals surface area contributed by atoms with E-state index in [4.69, 9.17) is 0 Å². The minimum atomic E-state index is -0.594. The lowest BCUT2D eigenvalue weighted by Crippen LogP contribution is -2.46. The molecule has 1 atom stereocenters. The van der Waals surface area contributed by atoms with Crippen molar-refractivity contribution in [3.63, 3.8) is 0 Å². The number of rotatable bonds is 10. The molecule has 0 aliphatic carbocycles. The number of likely N-dealkylation sites (N-methyl/N-ethyl adjacent to an activating group) is 2. The van der Waals surface area contributed by atoms with Gasteiger partial charge in [-0.25, -0.2) is 15.0 Å². The van der Waals surface area contributed by atoms with Crippen LogP contribution in [0, 0.1) is 6.92 Å². The Morgan fingerprint density at radius 3 is 2.68 bits per heavy atom. The first-order valence-corrected chi connectivity index (χ1v) is 11.5. The topological polar surface area (TPSA) is 116 Å². The van der Waals surface area contributed by atoms with Crippen LogP contribution in [0.15, 0.2) is 49.4 Å². The predicted octanol–water partition coefficient (Wildman–Crippen LogP) is 2.63. The zero-order chi connectivity index (χ0) is 24.7. The Bertz CT molecular complexity index is 1150. The first kappa shape index (κ1) is 24.8. The number of hydrogen-bond acceptors (Lipinski definition) is 9. The molecule has 11 heteroatoms. The third kappa shape index (κ3) is 6.35. The van der Waals surface area contributed by atoms with Crippen LogP contribution in [0.3, 0.4) is 0 Å². The number of carbonyl (C=O) groups is 2. The summed E-state index contributed by atoms with van der Waals surface area (Å²) in [5.74, 6) is 1.42. The number of hydrogen-bond donors (Lipinski definition) is 2. The molecule has 0 saturated heterocycles. The van der Waals surface area contributed by atoms with E-state index in [1.165, 1.54) is 22.3 Å². The zero-order valence-electron chi connectivity index (χ0n) is 19.6. The third-order valence-corrected chi connectivity index (χ3v) is 6.11.